The van der Waals surface area contributed by atoms with Gasteiger partial charge in [0.05, 0.1) is 0 Å². The third kappa shape index (κ3) is 13.5. The highest BCUT2D eigenvalue weighted by atomic mass is 16.5. The monoisotopic (exact) mass is 335 g/mol. The lowest BCUT2D eigenvalue weighted by atomic mass is 10.1. The van der Waals surface area contributed by atoms with Gasteiger partial charge in [0, 0.05) is 6.54 Å². The lowest BCUT2D eigenvalue weighted by Crippen LogP contribution is -2.14. The van der Waals surface area contributed by atoms with Crippen LogP contribution in [0, 0.1) is 0 Å². The number of benzene rings is 1. The molecule has 24 heavy (non-hydrogen) atoms. The van der Waals surface area contributed by atoms with Gasteiger partial charge in [0.25, 0.3) is 0 Å². The average Bonchev–Trinajstić information content (AvgIpc) is 2.59. The molecule has 0 heterocycles. The van der Waals surface area contributed by atoms with Gasteiger partial charge in [0.2, 0.25) is 0 Å². The normalized spacial score (nSPS) is 11.3. The first-order valence-corrected chi connectivity index (χ1v) is 9.90. The van der Waals surface area contributed by atoms with Crippen molar-refractivity contribution in [2.45, 2.75) is 89.9 Å². The second-order valence-electron chi connectivity index (χ2n) is 6.82. The fourth-order valence-electron chi connectivity index (χ4n) is 3.00. The van der Waals surface area contributed by atoms with Crippen LogP contribution in [0.2, 0.25) is 0 Å². The van der Waals surface area contributed by atoms with Crippen molar-refractivity contribution >= 4 is 0 Å². The van der Waals surface area contributed by atoms with Crippen molar-refractivity contribution in [1.29, 1.82) is 0 Å². The summed E-state index contributed by atoms with van der Waals surface area (Å²) in [5, 5.41) is 21.0. The van der Waals surface area contributed by atoms with Gasteiger partial charge in [-0.05, 0) is 31.4 Å². The quantitative estimate of drug-likeness (QED) is 0.301. The maximum absolute atomic E-state index is 8.75. The summed E-state index contributed by atoms with van der Waals surface area (Å²) in [5.74, 6) is 0. The minimum absolute atomic E-state index is 0.528. The van der Waals surface area contributed by atoms with Crippen LogP contribution in [-0.4, -0.2) is 23.0 Å². The summed E-state index contributed by atoms with van der Waals surface area (Å²) in [6.07, 6.45) is 13.4. The third-order valence-corrected chi connectivity index (χ3v) is 4.49. The smallest absolute Gasteiger partial charge is 0.151 e. The van der Waals surface area contributed by atoms with Gasteiger partial charge in [-0.15, -0.1) is 0 Å². The topological polar surface area (TPSA) is 52.5 Å². The molecule has 1 aromatic rings. The van der Waals surface area contributed by atoms with Crippen LogP contribution in [0.1, 0.15) is 82.6 Å². The van der Waals surface area contributed by atoms with Crippen LogP contribution in [-0.2, 0) is 6.54 Å². The summed E-state index contributed by atoms with van der Waals surface area (Å²) in [6.45, 7) is 2.11. The highest BCUT2D eigenvalue weighted by Gasteiger charge is 1.97. The van der Waals surface area contributed by atoms with Gasteiger partial charge >= 0.3 is 0 Å². The summed E-state index contributed by atoms with van der Waals surface area (Å²) < 4.78 is 0. The van der Waals surface area contributed by atoms with E-state index in [0.717, 1.165) is 25.9 Å². The lowest BCUT2D eigenvalue weighted by molar-refractivity contribution is -0.0466. The van der Waals surface area contributed by atoms with Crippen LogP contribution in [0.4, 0.5) is 0 Å². The minimum atomic E-state index is -1.11. The number of nitrogens with one attached hydrogen (secondary N) is 1. The van der Waals surface area contributed by atoms with Gasteiger partial charge in [0.15, 0.2) is 6.29 Å². The van der Waals surface area contributed by atoms with Gasteiger partial charge in [-0.25, -0.2) is 0 Å². The van der Waals surface area contributed by atoms with E-state index in [9.17, 15) is 0 Å². The molecule has 0 bridgehead atoms. The van der Waals surface area contributed by atoms with Crippen molar-refractivity contribution in [2.75, 3.05) is 6.54 Å². The van der Waals surface area contributed by atoms with E-state index in [1.165, 1.54) is 63.4 Å². The number of aliphatic hydroxyl groups excluding tert-OH is 1. The predicted octanol–water partition coefficient (Wildman–Crippen LogP) is 4.77. The van der Waals surface area contributed by atoms with Crippen LogP contribution < -0.4 is 5.32 Å². The Labute approximate surface area is 148 Å². The molecule has 0 atom stereocenters. The first kappa shape index (κ1) is 21.1. The summed E-state index contributed by atoms with van der Waals surface area (Å²) in [4.78, 5) is 0. The molecule has 0 radical (unpaired) electrons. The molecule has 0 aliphatic rings. The zero-order valence-corrected chi connectivity index (χ0v) is 15.3. The van der Waals surface area contributed by atoms with Gasteiger partial charge in [-0.2, -0.15) is 0 Å². The summed E-state index contributed by atoms with van der Waals surface area (Å²) >= 11 is 0. The third-order valence-electron chi connectivity index (χ3n) is 4.49. The highest BCUT2D eigenvalue weighted by molar-refractivity contribution is 5.14. The van der Waals surface area contributed by atoms with E-state index in [1.54, 1.807) is 0 Å². The minimum Gasteiger partial charge on any atom is -0.368 e. The van der Waals surface area contributed by atoms with E-state index in [-0.39, 0.29) is 0 Å². The molecule has 0 fully saturated rings. The van der Waals surface area contributed by atoms with Crippen LogP contribution in [0.3, 0.4) is 0 Å². The fourth-order valence-corrected chi connectivity index (χ4v) is 3.00. The largest absolute Gasteiger partial charge is 0.368 e. The Morgan fingerprint density at radius 3 is 1.71 bits per heavy atom. The Hall–Kier alpha value is -0.900. The van der Waals surface area contributed by atoms with Crippen molar-refractivity contribution in [3.8, 4) is 0 Å². The number of aliphatic hydroxyl groups is 2. The second-order valence-corrected chi connectivity index (χ2v) is 6.82. The van der Waals surface area contributed by atoms with Gasteiger partial charge < -0.3 is 15.5 Å². The Morgan fingerprint density at radius 2 is 1.17 bits per heavy atom. The molecule has 0 aliphatic heterocycles. The van der Waals surface area contributed by atoms with E-state index >= 15 is 0 Å². The molecular weight excluding hydrogens is 298 g/mol. The Bertz CT molecular complexity index is 367. The fraction of sp³-hybridized carbons (Fsp3) is 0.714. The van der Waals surface area contributed by atoms with Crippen LogP contribution >= 0.6 is 0 Å². The summed E-state index contributed by atoms with van der Waals surface area (Å²) in [6, 6.07) is 10.6. The number of hydrogen-bond donors (Lipinski definition) is 3. The van der Waals surface area contributed by atoms with E-state index < -0.39 is 6.29 Å². The molecule has 1 rings (SSSR count). The second kappa shape index (κ2) is 15.6. The predicted molar refractivity (Wildman–Crippen MR) is 102 cm³/mol. The first-order valence-electron chi connectivity index (χ1n) is 9.90. The van der Waals surface area contributed by atoms with Crippen molar-refractivity contribution in [1.82, 2.24) is 5.32 Å². The zero-order chi connectivity index (χ0) is 17.3. The van der Waals surface area contributed by atoms with E-state index in [0.29, 0.717) is 6.42 Å². The molecule has 3 N–H and O–H groups in total. The van der Waals surface area contributed by atoms with Gasteiger partial charge in [-0.1, -0.05) is 88.1 Å². The summed E-state index contributed by atoms with van der Waals surface area (Å²) in [5.41, 5.74) is 1.37. The maximum Gasteiger partial charge on any atom is 0.151 e. The molecule has 1 aromatic carbocycles. The van der Waals surface area contributed by atoms with E-state index in [1.807, 2.05) is 0 Å². The number of hydrogen-bond acceptors (Lipinski definition) is 3. The Balaban J connectivity index is 1.72. The lowest BCUT2D eigenvalue weighted by Gasteiger charge is -2.05. The molecule has 138 valence electrons. The molecule has 3 heteroatoms. The standard InChI is InChI=1S/C21H37NO2/c23-21(24)17-13-8-6-4-2-1-3-5-7-9-14-18-22-19-20-15-11-10-12-16-20/h10-12,15-16,21-24H,1-9,13-14,17-19H2. The SMILES string of the molecule is OC(O)CCCCCCCCCCCCCNCc1ccccc1. The molecule has 0 unspecified atom stereocenters. The molecule has 0 aliphatic carbocycles. The van der Waals surface area contributed by atoms with Gasteiger partial charge in [0.1, 0.15) is 0 Å². The maximum atomic E-state index is 8.75. The summed E-state index contributed by atoms with van der Waals surface area (Å²) in [7, 11) is 0. The molecule has 3 nitrogen and oxygen atoms in total. The van der Waals surface area contributed by atoms with Crippen molar-refractivity contribution < 1.29 is 10.2 Å². The molecular formula is C21H37NO2. The van der Waals surface area contributed by atoms with Crippen molar-refractivity contribution in [2.24, 2.45) is 0 Å². The molecule has 0 amide bonds. The Morgan fingerprint density at radius 1 is 0.667 bits per heavy atom. The van der Waals surface area contributed by atoms with Crippen LogP contribution in [0.15, 0.2) is 30.3 Å². The van der Waals surface area contributed by atoms with Crippen LogP contribution in [0.5, 0.6) is 0 Å². The number of unbranched alkanes of at least 4 members (excludes halogenated alkanes) is 10. The van der Waals surface area contributed by atoms with E-state index in [2.05, 4.69) is 35.6 Å². The average molecular weight is 336 g/mol. The number of rotatable bonds is 16. The molecule has 0 spiro atoms. The first-order chi connectivity index (χ1) is 11.8. The zero-order valence-electron chi connectivity index (χ0n) is 15.3. The van der Waals surface area contributed by atoms with Crippen molar-refractivity contribution in [3.05, 3.63) is 35.9 Å². The Kier molecular flexibility index (Phi) is 13.8. The van der Waals surface area contributed by atoms with Crippen LogP contribution in [0.25, 0.3) is 0 Å². The molecule has 0 aromatic heterocycles. The molecule has 0 saturated heterocycles. The highest BCUT2D eigenvalue weighted by Crippen LogP contribution is 2.12. The molecule has 0 saturated carbocycles. The van der Waals surface area contributed by atoms with Gasteiger partial charge in [-0.3, -0.25) is 0 Å². The van der Waals surface area contributed by atoms with E-state index in [4.69, 9.17) is 10.2 Å². The van der Waals surface area contributed by atoms with Crippen molar-refractivity contribution in [3.63, 3.8) is 0 Å².